The normalized spacial score (nSPS) is 15.9. The van der Waals surface area contributed by atoms with E-state index in [1.54, 1.807) is 0 Å². The van der Waals surface area contributed by atoms with Crippen molar-refractivity contribution in [2.24, 2.45) is 0 Å². The molecule has 2 aliphatic heterocycles. The summed E-state index contributed by atoms with van der Waals surface area (Å²) in [6, 6.07) is 58.9. The molecule has 0 saturated heterocycles. The fourth-order valence-electron chi connectivity index (χ4n) is 11.0. The lowest BCUT2D eigenvalue weighted by Gasteiger charge is -2.44. The van der Waals surface area contributed by atoms with Crippen LogP contribution in [-0.4, -0.2) is 6.71 Å². The number of rotatable bonds is 5. The van der Waals surface area contributed by atoms with Crippen molar-refractivity contribution >= 4 is 85.5 Å². The van der Waals surface area contributed by atoms with E-state index in [1.165, 1.54) is 44.3 Å². The van der Waals surface area contributed by atoms with E-state index in [-0.39, 0.29) is 28.4 Å². The Morgan fingerprint density at radius 2 is 1.02 bits per heavy atom. The van der Waals surface area contributed by atoms with Gasteiger partial charge in [-0.2, -0.15) is 0 Å². The molecule has 4 nitrogen and oxygen atoms in total. The van der Waals surface area contributed by atoms with E-state index in [0.29, 0.717) is 0 Å². The van der Waals surface area contributed by atoms with Gasteiger partial charge in [-0.15, -0.1) is 0 Å². The van der Waals surface area contributed by atoms with Crippen LogP contribution in [0.1, 0.15) is 104 Å². The third-order valence-corrected chi connectivity index (χ3v) is 14.8. The van der Waals surface area contributed by atoms with Gasteiger partial charge in [0.1, 0.15) is 5.58 Å². The molecule has 65 heavy (non-hydrogen) atoms. The van der Waals surface area contributed by atoms with Gasteiger partial charge in [0.05, 0.1) is 17.0 Å². The largest absolute Gasteiger partial charge is 0.468 e. The van der Waals surface area contributed by atoms with Gasteiger partial charge in [0, 0.05) is 45.2 Å². The van der Waals surface area contributed by atoms with Crippen LogP contribution in [0, 0.1) is 0 Å². The lowest BCUT2D eigenvalue weighted by atomic mass is 9.35. The minimum Gasteiger partial charge on any atom is -0.468 e. The first-order valence-corrected chi connectivity index (χ1v) is 23.6. The quantitative estimate of drug-likeness (QED) is 0.161. The van der Waals surface area contributed by atoms with Crippen LogP contribution in [0.15, 0.2) is 162 Å². The average molecular weight is 850 g/mol. The third-order valence-electron chi connectivity index (χ3n) is 14.8. The third kappa shape index (κ3) is 6.64. The van der Waals surface area contributed by atoms with Gasteiger partial charge in [-0.05, 0) is 147 Å². The molecule has 0 spiro atoms. The molecule has 3 heterocycles. The zero-order valence-electron chi connectivity index (χ0n) is 39.8. The van der Waals surface area contributed by atoms with Gasteiger partial charge in [0.2, 0.25) is 0 Å². The molecule has 0 saturated carbocycles. The van der Waals surface area contributed by atoms with E-state index in [1.807, 2.05) is 0 Å². The number of hydrogen-bond acceptors (Lipinski definition) is 4. The number of benzene rings is 7. The number of nitrogens with zero attached hydrogens (tertiary/aromatic N) is 3. The van der Waals surface area contributed by atoms with Gasteiger partial charge in [0.15, 0.2) is 0 Å². The van der Waals surface area contributed by atoms with Crippen molar-refractivity contribution in [1.29, 1.82) is 0 Å². The van der Waals surface area contributed by atoms with Crippen molar-refractivity contribution in [2.75, 3.05) is 14.7 Å². The number of anilines is 9. The molecular weight excluding hydrogens is 789 g/mol. The maximum atomic E-state index is 7.54. The summed E-state index contributed by atoms with van der Waals surface area (Å²) in [5.74, 6) is 0. The smallest absolute Gasteiger partial charge is 0.297 e. The standard InChI is InChI=1S/C60H60BN3O/c1-57(2,3)39-26-29-44(30-27-39)63-50-31-28-40(58(4,5)6)34-49(50)61-54-51(63)35-45(62(41-20-14-11-15-21-41)42-22-16-12-17-23-42)36-52(54)64(43-24-18-13-19-25-43)55-46-37-47-48(38-53(46)65-56(55)61)60(9,10)33-32-59(47,7)8/h11-31,34-38H,32-33H2,1-10H3. The molecule has 1 aliphatic carbocycles. The highest BCUT2D eigenvalue weighted by Gasteiger charge is 2.48. The molecule has 0 amide bonds. The Balaban J connectivity index is 1.29. The monoisotopic (exact) mass is 849 g/mol. The van der Waals surface area contributed by atoms with Crippen LogP contribution in [0.2, 0.25) is 0 Å². The predicted molar refractivity (Wildman–Crippen MR) is 278 cm³/mol. The maximum absolute atomic E-state index is 7.54. The number of fused-ring (bicyclic) bond motifs is 7. The Labute approximate surface area is 386 Å². The Bertz CT molecular complexity index is 3080. The van der Waals surface area contributed by atoms with Crippen LogP contribution in [-0.2, 0) is 21.7 Å². The molecule has 324 valence electrons. The van der Waals surface area contributed by atoms with Crippen molar-refractivity contribution < 1.29 is 4.42 Å². The second-order valence-electron chi connectivity index (χ2n) is 22.1. The van der Waals surface area contributed by atoms with E-state index in [4.69, 9.17) is 4.42 Å². The fraction of sp³-hybridized carbons (Fsp3) is 0.267. The minimum absolute atomic E-state index is 0.0213. The summed E-state index contributed by atoms with van der Waals surface area (Å²) in [7, 11) is 0. The first kappa shape index (κ1) is 41.3. The molecule has 0 bridgehead atoms. The highest BCUT2D eigenvalue weighted by molar-refractivity contribution is 7.00. The molecule has 7 aromatic carbocycles. The highest BCUT2D eigenvalue weighted by atomic mass is 16.3. The van der Waals surface area contributed by atoms with E-state index < -0.39 is 0 Å². The molecule has 0 unspecified atom stereocenters. The summed E-state index contributed by atoms with van der Waals surface area (Å²) in [5.41, 5.74) is 20.1. The van der Waals surface area contributed by atoms with Crippen LogP contribution in [0.4, 0.5) is 51.2 Å². The van der Waals surface area contributed by atoms with Gasteiger partial charge >= 0.3 is 0 Å². The SMILES string of the molecule is CC(C)(C)c1ccc(N2c3ccc(C(C)(C)C)cc3B3c4oc5cc6c(cc5c4N(c4ccccc4)c4cc(N(c5ccccc5)c5ccccc5)cc2c43)C(C)(C)CCC6(C)C)cc1. The molecule has 3 aliphatic rings. The second kappa shape index (κ2) is 14.5. The van der Waals surface area contributed by atoms with E-state index >= 15 is 0 Å². The fourth-order valence-corrected chi connectivity index (χ4v) is 11.0. The summed E-state index contributed by atoms with van der Waals surface area (Å²) in [6.07, 6.45) is 2.29. The first-order chi connectivity index (χ1) is 31.0. The predicted octanol–water partition coefficient (Wildman–Crippen LogP) is 14.9. The van der Waals surface area contributed by atoms with Crippen LogP contribution in [0.3, 0.4) is 0 Å². The highest BCUT2D eigenvalue weighted by Crippen LogP contribution is 2.53. The zero-order valence-corrected chi connectivity index (χ0v) is 39.8. The summed E-state index contributed by atoms with van der Waals surface area (Å²) in [4.78, 5) is 7.47. The van der Waals surface area contributed by atoms with Gasteiger partial charge in [0.25, 0.3) is 6.71 Å². The first-order valence-electron chi connectivity index (χ1n) is 23.6. The van der Waals surface area contributed by atoms with E-state index in [0.717, 1.165) is 69.6 Å². The van der Waals surface area contributed by atoms with Crippen LogP contribution >= 0.6 is 0 Å². The minimum atomic E-state index is -0.168. The topological polar surface area (TPSA) is 22.9 Å². The molecule has 0 radical (unpaired) electrons. The van der Waals surface area contributed by atoms with Crippen molar-refractivity contribution in [3.63, 3.8) is 0 Å². The second-order valence-corrected chi connectivity index (χ2v) is 22.1. The lowest BCUT2D eigenvalue weighted by molar-refractivity contribution is 0.332. The van der Waals surface area contributed by atoms with Crippen molar-refractivity contribution in [1.82, 2.24) is 0 Å². The van der Waals surface area contributed by atoms with Crippen molar-refractivity contribution in [2.45, 2.75) is 104 Å². The number of furan rings is 1. The van der Waals surface area contributed by atoms with Crippen LogP contribution in [0.5, 0.6) is 0 Å². The van der Waals surface area contributed by atoms with Crippen LogP contribution < -0.4 is 31.3 Å². The van der Waals surface area contributed by atoms with Gasteiger partial charge in [-0.25, -0.2) is 0 Å². The molecule has 5 heteroatoms. The molecule has 1 aromatic heterocycles. The molecule has 8 aromatic rings. The van der Waals surface area contributed by atoms with Gasteiger partial charge < -0.3 is 19.1 Å². The van der Waals surface area contributed by atoms with Crippen LogP contribution in [0.25, 0.3) is 11.0 Å². The summed E-state index contributed by atoms with van der Waals surface area (Å²) in [5, 5.41) is 1.17. The zero-order chi connectivity index (χ0) is 45.2. The summed E-state index contributed by atoms with van der Waals surface area (Å²) >= 11 is 0. The molecule has 0 fully saturated rings. The number of hydrogen-bond donors (Lipinski definition) is 0. The van der Waals surface area contributed by atoms with Crippen molar-refractivity contribution in [3.05, 3.63) is 180 Å². The van der Waals surface area contributed by atoms with E-state index in [2.05, 4.69) is 242 Å². The molecular formula is C60H60BN3O. The Kier molecular flexibility index (Phi) is 9.22. The summed E-state index contributed by atoms with van der Waals surface area (Å²) in [6.45, 7) is 23.4. The molecule has 11 rings (SSSR count). The Morgan fingerprint density at radius 1 is 0.508 bits per heavy atom. The maximum Gasteiger partial charge on any atom is 0.297 e. The number of para-hydroxylation sites is 3. The summed E-state index contributed by atoms with van der Waals surface area (Å²) < 4.78 is 7.54. The Morgan fingerprint density at radius 3 is 1.58 bits per heavy atom. The van der Waals surface area contributed by atoms with Gasteiger partial charge in [-0.1, -0.05) is 148 Å². The average Bonchev–Trinajstić information content (AvgIpc) is 3.66. The van der Waals surface area contributed by atoms with Gasteiger partial charge in [-0.3, -0.25) is 0 Å². The van der Waals surface area contributed by atoms with Crippen molar-refractivity contribution in [3.8, 4) is 0 Å². The molecule has 0 atom stereocenters. The lowest BCUT2D eigenvalue weighted by Crippen LogP contribution is -2.61. The van der Waals surface area contributed by atoms with E-state index in [9.17, 15) is 0 Å². The molecule has 0 N–H and O–H groups in total. The Hall–Kier alpha value is -6.46.